The number of para-hydroxylation sites is 1. The van der Waals surface area contributed by atoms with E-state index in [1.165, 1.54) is 16.2 Å². The molecule has 0 spiro atoms. The number of amides is 1. The Kier molecular flexibility index (Phi) is 3.48. The molecule has 0 saturated heterocycles. The molecule has 5 nitrogen and oxygen atoms in total. The van der Waals surface area contributed by atoms with Gasteiger partial charge in [-0.3, -0.25) is 9.59 Å². The van der Waals surface area contributed by atoms with E-state index in [2.05, 4.69) is 0 Å². The highest BCUT2D eigenvalue weighted by Gasteiger charge is 2.26. The van der Waals surface area contributed by atoms with Crippen LogP contribution in [0.4, 0.5) is 5.69 Å². The standard InChI is InChI=1S/C17H18N2O3/c1-11-4-3-5-13-6-7-18(17(11)13)16(22)10-19-12(2)8-14(20)9-15(19)21/h3-5,8-9,20H,6-7,10H2,1-2H3. The van der Waals surface area contributed by atoms with E-state index in [1.54, 1.807) is 11.8 Å². The predicted octanol–water partition coefficient (Wildman–Crippen LogP) is 1.76. The van der Waals surface area contributed by atoms with Crippen LogP contribution >= 0.6 is 0 Å². The van der Waals surface area contributed by atoms with Gasteiger partial charge in [-0.2, -0.15) is 0 Å². The zero-order valence-corrected chi connectivity index (χ0v) is 12.7. The molecule has 1 aliphatic heterocycles. The van der Waals surface area contributed by atoms with Gasteiger partial charge in [-0.05, 0) is 37.5 Å². The lowest BCUT2D eigenvalue weighted by atomic mass is 10.1. The molecule has 1 aromatic carbocycles. The minimum Gasteiger partial charge on any atom is -0.508 e. The van der Waals surface area contributed by atoms with Crippen molar-refractivity contribution in [2.45, 2.75) is 26.8 Å². The lowest BCUT2D eigenvalue weighted by molar-refractivity contribution is -0.119. The van der Waals surface area contributed by atoms with Crippen molar-refractivity contribution in [3.8, 4) is 5.75 Å². The second-order valence-corrected chi connectivity index (χ2v) is 5.66. The van der Waals surface area contributed by atoms with Crippen molar-refractivity contribution >= 4 is 11.6 Å². The molecule has 0 saturated carbocycles. The first-order valence-electron chi connectivity index (χ1n) is 7.26. The summed E-state index contributed by atoms with van der Waals surface area (Å²) in [6.07, 6.45) is 0.839. The van der Waals surface area contributed by atoms with Gasteiger partial charge in [0.15, 0.2) is 0 Å². The van der Waals surface area contributed by atoms with E-state index in [1.807, 2.05) is 25.1 Å². The Bertz CT molecular complexity index is 808. The predicted molar refractivity (Wildman–Crippen MR) is 84.3 cm³/mol. The van der Waals surface area contributed by atoms with Gasteiger partial charge in [0.05, 0.1) is 0 Å². The quantitative estimate of drug-likeness (QED) is 0.919. The maximum atomic E-state index is 12.6. The average molecular weight is 298 g/mol. The van der Waals surface area contributed by atoms with Gasteiger partial charge in [0.2, 0.25) is 5.91 Å². The van der Waals surface area contributed by atoms with Crippen LogP contribution in [0, 0.1) is 13.8 Å². The molecule has 1 N–H and O–H groups in total. The molecule has 0 unspecified atom stereocenters. The number of nitrogens with zero attached hydrogens (tertiary/aromatic N) is 2. The molecular weight excluding hydrogens is 280 g/mol. The molecule has 1 aliphatic rings. The highest BCUT2D eigenvalue weighted by atomic mass is 16.3. The maximum absolute atomic E-state index is 12.6. The molecule has 114 valence electrons. The van der Waals surface area contributed by atoms with Crippen LogP contribution in [0.25, 0.3) is 0 Å². The van der Waals surface area contributed by atoms with E-state index < -0.39 is 0 Å². The zero-order valence-electron chi connectivity index (χ0n) is 12.7. The van der Waals surface area contributed by atoms with E-state index in [0.29, 0.717) is 12.2 Å². The number of aryl methyl sites for hydroxylation is 2. The molecule has 2 aromatic rings. The molecule has 0 radical (unpaired) electrons. The Hall–Kier alpha value is -2.56. The number of anilines is 1. The number of hydrogen-bond donors (Lipinski definition) is 1. The van der Waals surface area contributed by atoms with Crippen LogP contribution in [0.5, 0.6) is 5.75 Å². The number of fused-ring (bicyclic) bond motifs is 1. The van der Waals surface area contributed by atoms with Gasteiger partial charge in [0, 0.05) is 24.0 Å². The van der Waals surface area contributed by atoms with Gasteiger partial charge in [0.25, 0.3) is 5.56 Å². The van der Waals surface area contributed by atoms with Crippen molar-refractivity contribution in [3.05, 3.63) is 57.5 Å². The van der Waals surface area contributed by atoms with Gasteiger partial charge < -0.3 is 14.6 Å². The fourth-order valence-electron chi connectivity index (χ4n) is 3.04. The second kappa shape index (κ2) is 5.33. The lowest BCUT2D eigenvalue weighted by Crippen LogP contribution is -2.36. The summed E-state index contributed by atoms with van der Waals surface area (Å²) in [5, 5.41) is 9.42. The summed E-state index contributed by atoms with van der Waals surface area (Å²) in [6, 6.07) is 8.63. The monoisotopic (exact) mass is 298 g/mol. The molecule has 0 aliphatic carbocycles. The van der Waals surface area contributed by atoms with Crippen LogP contribution in [-0.4, -0.2) is 22.1 Å². The number of pyridine rings is 1. The van der Waals surface area contributed by atoms with Crippen LogP contribution in [0.1, 0.15) is 16.8 Å². The molecular formula is C17H18N2O3. The van der Waals surface area contributed by atoms with Crippen LogP contribution in [0.2, 0.25) is 0 Å². The molecule has 5 heteroatoms. The average Bonchev–Trinajstić information content (AvgIpc) is 2.88. The third-order valence-electron chi connectivity index (χ3n) is 4.11. The lowest BCUT2D eigenvalue weighted by Gasteiger charge is -2.20. The molecule has 0 fully saturated rings. The number of hydrogen-bond acceptors (Lipinski definition) is 3. The molecule has 1 aromatic heterocycles. The Morgan fingerprint density at radius 2 is 2.05 bits per heavy atom. The van der Waals surface area contributed by atoms with Crippen molar-refractivity contribution in [2.75, 3.05) is 11.4 Å². The molecule has 3 rings (SSSR count). The Labute approximate surface area is 128 Å². The van der Waals surface area contributed by atoms with Crippen LogP contribution < -0.4 is 10.5 Å². The van der Waals surface area contributed by atoms with E-state index in [-0.39, 0.29) is 23.8 Å². The fourth-order valence-corrected chi connectivity index (χ4v) is 3.04. The highest BCUT2D eigenvalue weighted by molar-refractivity contribution is 5.96. The number of aromatic hydroxyl groups is 1. The van der Waals surface area contributed by atoms with Gasteiger partial charge in [-0.25, -0.2) is 0 Å². The summed E-state index contributed by atoms with van der Waals surface area (Å²) in [5.74, 6) is -0.183. The van der Waals surface area contributed by atoms with Crippen LogP contribution in [0.3, 0.4) is 0 Å². The van der Waals surface area contributed by atoms with Crippen molar-refractivity contribution in [2.24, 2.45) is 0 Å². The molecule has 1 amide bonds. The first-order valence-corrected chi connectivity index (χ1v) is 7.26. The topological polar surface area (TPSA) is 62.5 Å². The third kappa shape index (κ3) is 2.39. The number of carbonyl (C=O) groups excluding carboxylic acids is 1. The van der Waals surface area contributed by atoms with Gasteiger partial charge in [-0.1, -0.05) is 18.2 Å². The van der Waals surface area contributed by atoms with Crippen LogP contribution in [0.15, 0.2) is 35.1 Å². The summed E-state index contributed by atoms with van der Waals surface area (Å²) in [5.41, 5.74) is 3.41. The molecule has 2 heterocycles. The largest absolute Gasteiger partial charge is 0.508 e. The Balaban J connectivity index is 1.91. The first kappa shape index (κ1) is 14.4. The second-order valence-electron chi connectivity index (χ2n) is 5.66. The number of carbonyl (C=O) groups is 1. The number of benzene rings is 1. The molecule has 0 bridgehead atoms. The summed E-state index contributed by atoms with van der Waals surface area (Å²) in [7, 11) is 0. The number of rotatable bonds is 2. The van der Waals surface area contributed by atoms with Crippen molar-refractivity contribution in [1.82, 2.24) is 4.57 Å². The molecule has 22 heavy (non-hydrogen) atoms. The van der Waals surface area contributed by atoms with Crippen molar-refractivity contribution in [3.63, 3.8) is 0 Å². The zero-order chi connectivity index (χ0) is 15.9. The van der Waals surface area contributed by atoms with E-state index in [9.17, 15) is 14.7 Å². The Morgan fingerprint density at radius 1 is 1.27 bits per heavy atom. The van der Waals surface area contributed by atoms with Gasteiger partial charge in [-0.15, -0.1) is 0 Å². The van der Waals surface area contributed by atoms with Gasteiger partial charge in [0.1, 0.15) is 12.3 Å². The van der Waals surface area contributed by atoms with Crippen molar-refractivity contribution < 1.29 is 9.90 Å². The summed E-state index contributed by atoms with van der Waals surface area (Å²) < 4.78 is 1.39. The maximum Gasteiger partial charge on any atom is 0.254 e. The number of aromatic nitrogens is 1. The van der Waals surface area contributed by atoms with E-state index in [4.69, 9.17) is 0 Å². The summed E-state index contributed by atoms with van der Waals surface area (Å²) in [4.78, 5) is 26.3. The summed E-state index contributed by atoms with van der Waals surface area (Å²) >= 11 is 0. The van der Waals surface area contributed by atoms with E-state index in [0.717, 1.165) is 23.7 Å². The SMILES string of the molecule is Cc1cccc2c1N(C(=O)Cn1c(C)cc(O)cc1=O)CC2. The molecule has 0 atom stereocenters. The smallest absolute Gasteiger partial charge is 0.254 e. The van der Waals surface area contributed by atoms with E-state index >= 15 is 0 Å². The van der Waals surface area contributed by atoms with Gasteiger partial charge >= 0.3 is 0 Å². The highest BCUT2D eigenvalue weighted by Crippen LogP contribution is 2.31. The summed E-state index contributed by atoms with van der Waals surface area (Å²) in [6.45, 7) is 4.32. The van der Waals surface area contributed by atoms with Crippen molar-refractivity contribution in [1.29, 1.82) is 0 Å². The van der Waals surface area contributed by atoms with Crippen LogP contribution in [-0.2, 0) is 17.8 Å². The minimum atomic E-state index is -0.366. The Morgan fingerprint density at radius 3 is 2.77 bits per heavy atom. The first-order chi connectivity index (χ1) is 10.5. The fraction of sp³-hybridized carbons (Fsp3) is 0.294. The normalized spacial score (nSPS) is 13.3. The third-order valence-corrected chi connectivity index (χ3v) is 4.11. The minimum absolute atomic E-state index is 0.0152.